The van der Waals surface area contributed by atoms with Crippen molar-refractivity contribution in [2.45, 2.75) is 12.1 Å². The number of benzene rings is 2. The van der Waals surface area contributed by atoms with Crippen molar-refractivity contribution < 1.29 is 4.79 Å². The summed E-state index contributed by atoms with van der Waals surface area (Å²) in [6, 6.07) is 18.0. The first-order chi connectivity index (χ1) is 14.1. The largest absolute Gasteiger partial charge is 0.305 e. The smallest absolute Gasteiger partial charge is 0.236 e. The van der Waals surface area contributed by atoms with Gasteiger partial charge in [-0.3, -0.25) is 4.79 Å². The molecule has 0 atom stereocenters. The third kappa shape index (κ3) is 4.55. The first-order valence-corrected chi connectivity index (χ1v) is 10.9. The summed E-state index contributed by atoms with van der Waals surface area (Å²) >= 11 is 2.77. The maximum absolute atomic E-state index is 12.3. The van der Waals surface area contributed by atoms with E-state index in [1.165, 1.54) is 23.1 Å². The molecule has 1 N–H and O–H groups in total. The maximum Gasteiger partial charge on any atom is 0.236 e. The number of aromatic nitrogens is 4. The summed E-state index contributed by atoms with van der Waals surface area (Å²) < 4.78 is 1.91. The topological polar surface area (TPSA) is 72.7 Å². The molecular formula is C21H19N5OS2. The first-order valence-electron chi connectivity index (χ1n) is 9.00. The second kappa shape index (κ2) is 8.59. The summed E-state index contributed by atoms with van der Waals surface area (Å²) in [4.78, 5) is 16.8. The zero-order chi connectivity index (χ0) is 20.2. The van der Waals surface area contributed by atoms with E-state index in [1.54, 1.807) is 0 Å². The van der Waals surface area contributed by atoms with E-state index in [0.29, 0.717) is 10.3 Å². The molecule has 4 rings (SSSR count). The third-order valence-electron chi connectivity index (χ3n) is 4.26. The highest BCUT2D eigenvalue weighted by molar-refractivity contribution is 7.99. The minimum absolute atomic E-state index is 0.121. The molecule has 4 aromatic rings. The average molecular weight is 422 g/mol. The van der Waals surface area contributed by atoms with Crippen molar-refractivity contribution in [1.82, 2.24) is 19.7 Å². The zero-order valence-electron chi connectivity index (χ0n) is 16.0. The number of carbonyl (C=O) groups is 1. The third-order valence-corrected chi connectivity index (χ3v) is 6.04. The van der Waals surface area contributed by atoms with Gasteiger partial charge in [0, 0.05) is 23.6 Å². The van der Waals surface area contributed by atoms with Crippen LogP contribution in [0.2, 0.25) is 0 Å². The van der Waals surface area contributed by atoms with Crippen LogP contribution >= 0.6 is 23.1 Å². The zero-order valence-corrected chi connectivity index (χ0v) is 17.6. The highest BCUT2D eigenvalue weighted by Crippen LogP contribution is 2.26. The Kier molecular flexibility index (Phi) is 5.73. The molecule has 0 unspecified atom stereocenters. The van der Waals surface area contributed by atoms with Gasteiger partial charge in [-0.25, -0.2) is 4.98 Å². The van der Waals surface area contributed by atoms with Gasteiger partial charge in [0.05, 0.1) is 11.4 Å². The Balaban J connectivity index is 1.38. The Labute approximate surface area is 177 Å². The first kappa shape index (κ1) is 19.4. The highest BCUT2D eigenvalue weighted by atomic mass is 32.2. The summed E-state index contributed by atoms with van der Waals surface area (Å²) in [5.41, 5.74) is 4.06. The number of carbonyl (C=O) groups excluding carboxylic acids is 1. The van der Waals surface area contributed by atoms with E-state index in [0.717, 1.165) is 28.2 Å². The molecule has 0 aliphatic heterocycles. The number of hydrogen-bond acceptors (Lipinski definition) is 6. The number of thiazole rings is 1. The van der Waals surface area contributed by atoms with E-state index >= 15 is 0 Å². The van der Waals surface area contributed by atoms with Crippen LogP contribution in [-0.4, -0.2) is 31.4 Å². The van der Waals surface area contributed by atoms with Crippen molar-refractivity contribution in [3.63, 3.8) is 0 Å². The Morgan fingerprint density at radius 2 is 1.90 bits per heavy atom. The molecule has 2 aromatic carbocycles. The van der Waals surface area contributed by atoms with Crippen molar-refractivity contribution >= 4 is 34.1 Å². The fraction of sp³-hybridized carbons (Fsp3) is 0.143. The quantitative estimate of drug-likeness (QED) is 0.459. The lowest BCUT2D eigenvalue weighted by Gasteiger charge is -2.05. The molecule has 146 valence electrons. The number of nitrogens with zero attached hydrogens (tertiary/aromatic N) is 4. The van der Waals surface area contributed by atoms with Gasteiger partial charge in [0.15, 0.2) is 16.1 Å². The molecule has 0 saturated carbocycles. The fourth-order valence-corrected chi connectivity index (χ4v) is 4.28. The van der Waals surface area contributed by atoms with E-state index in [2.05, 4.69) is 26.6 Å². The lowest BCUT2D eigenvalue weighted by molar-refractivity contribution is -0.113. The van der Waals surface area contributed by atoms with Crippen molar-refractivity contribution in [2.24, 2.45) is 7.05 Å². The van der Waals surface area contributed by atoms with Gasteiger partial charge in [0.2, 0.25) is 5.91 Å². The van der Waals surface area contributed by atoms with Gasteiger partial charge in [-0.05, 0) is 13.0 Å². The SMILES string of the molecule is Cc1cccc(-c2nnc(SCC(=O)Nc3nc(-c4ccccc4)cs3)n2C)c1. The van der Waals surface area contributed by atoms with Crippen molar-refractivity contribution in [1.29, 1.82) is 0 Å². The monoisotopic (exact) mass is 421 g/mol. The van der Waals surface area contributed by atoms with Gasteiger partial charge >= 0.3 is 0 Å². The van der Waals surface area contributed by atoms with Crippen LogP contribution in [0.25, 0.3) is 22.6 Å². The second-order valence-electron chi connectivity index (χ2n) is 6.48. The van der Waals surface area contributed by atoms with Crippen LogP contribution in [0.1, 0.15) is 5.56 Å². The number of hydrogen-bond donors (Lipinski definition) is 1. The minimum Gasteiger partial charge on any atom is -0.305 e. The molecule has 0 saturated heterocycles. The van der Waals surface area contributed by atoms with Crippen LogP contribution in [0.3, 0.4) is 0 Å². The van der Waals surface area contributed by atoms with Gasteiger partial charge in [0.1, 0.15) is 0 Å². The number of aryl methyl sites for hydroxylation is 1. The molecule has 0 spiro atoms. The van der Waals surface area contributed by atoms with Crippen LogP contribution in [0.5, 0.6) is 0 Å². The van der Waals surface area contributed by atoms with E-state index in [9.17, 15) is 4.79 Å². The van der Waals surface area contributed by atoms with Gasteiger partial charge in [-0.15, -0.1) is 21.5 Å². The standard InChI is InChI=1S/C21H19N5OS2/c1-14-7-6-10-16(11-14)19-24-25-21(26(19)2)29-13-18(27)23-20-22-17(12-28-20)15-8-4-3-5-9-15/h3-12H,13H2,1-2H3,(H,22,23,27). The molecule has 1 amide bonds. The summed E-state index contributed by atoms with van der Waals surface area (Å²) in [6.45, 7) is 2.04. The van der Waals surface area contributed by atoms with Crippen molar-refractivity contribution in [3.05, 3.63) is 65.5 Å². The van der Waals surface area contributed by atoms with Crippen LogP contribution in [0, 0.1) is 6.92 Å². The number of thioether (sulfide) groups is 1. The molecule has 6 nitrogen and oxygen atoms in total. The van der Waals surface area contributed by atoms with E-state index in [-0.39, 0.29) is 11.7 Å². The summed E-state index contributed by atoms with van der Waals surface area (Å²) in [5, 5.41) is 14.6. The van der Waals surface area contributed by atoms with Crippen molar-refractivity contribution in [3.8, 4) is 22.6 Å². The fourth-order valence-electron chi connectivity index (χ4n) is 2.83. The molecule has 2 aromatic heterocycles. The molecule has 0 bridgehead atoms. The van der Waals surface area contributed by atoms with E-state index < -0.39 is 0 Å². The summed E-state index contributed by atoms with van der Waals surface area (Å²) in [5.74, 6) is 0.896. The van der Waals surface area contributed by atoms with Crippen LogP contribution < -0.4 is 5.32 Å². The Hall–Kier alpha value is -2.97. The number of amides is 1. The maximum atomic E-state index is 12.3. The molecule has 2 heterocycles. The predicted octanol–water partition coefficient (Wildman–Crippen LogP) is 4.64. The van der Waals surface area contributed by atoms with E-state index in [1.807, 2.05) is 72.4 Å². The molecule has 8 heteroatoms. The second-order valence-corrected chi connectivity index (χ2v) is 8.28. The number of nitrogens with one attached hydrogen (secondary N) is 1. The molecule has 0 radical (unpaired) electrons. The molecule has 0 aliphatic carbocycles. The van der Waals surface area contributed by atoms with Gasteiger partial charge in [0.25, 0.3) is 0 Å². The lowest BCUT2D eigenvalue weighted by Crippen LogP contribution is -2.14. The Bertz CT molecular complexity index is 1140. The molecule has 0 fully saturated rings. The summed E-state index contributed by atoms with van der Waals surface area (Å²) in [6.07, 6.45) is 0. The van der Waals surface area contributed by atoms with Crippen LogP contribution in [0.15, 0.2) is 65.1 Å². The molecule has 0 aliphatic rings. The predicted molar refractivity (Wildman–Crippen MR) is 118 cm³/mol. The normalized spacial score (nSPS) is 10.8. The van der Waals surface area contributed by atoms with Crippen molar-refractivity contribution in [2.75, 3.05) is 11.1 Å². The Morgan fingerprint density at radius 1 is 1.10 bits per heavy atom. The molecular weight excluding hydrogens is 402 g/mol. The number of anilines is 1. The highest BCUT2D eigenvalue weighted by Gasteiger charge is 2.14. The average Bonchev–Trinajstić information content (AvgIpc) is 3.34. The number of rotatable bonds is 6. The van der Waals surface area contributed by atoms with Gasteiger partial charge in [-0.1, -0.05) is 65.9 Å². The summed E-state index contributed by atoms with van der Waals surface area (Å²) in [7, 11) is 1.91. The molecule has 29 heavy (non-hydrogen) atoms. The van der Waals surface area contributed by atoms with E-state index in [4.69, 9.17) is 0 Å². The van der Waals surface area contributed by atoms with Gasteiger partial charge in [-0.2, -0.15) is 0 Å². The van der Waals surface area contributed by atoms with Gasteiger partial charge < -0.3 is 9.88 Å². The Morgan fingerprint density at radius 3 is 2.69 bits per heavy atom. The lowest BCUT2D eigenvalue weighted by atomic mass is 10.1. The van der Waals surface area contributed by atoms with Crippen LogP contribution in [-0.2, 0) is 11.8 Å². The van der Waals surface area contributed by atoms with Crippen LogP contribution in [0.4, 0.5) is 5.13 Å². The minimum atomic E-state index is -0.121.